The third kappa shape index (κ3) is 4.96. The first kappa shape index (κ1) is 12.2. The molecule has 1 rings (SSSR count). The molecule has 7 nitrogen and oxygen atoms in total. The Kier molecular flexibility index (Phi) is 4.30. The maximum absolute atomic E-state index is 10.6. The molecular formula is C6H11ClN4O3S. The van der Waals surface area contributed by atoms with Crippen molar-refractivity contribution in [1.29, 1.82) is 0 Å². The molecule has 0 aliphatic carbocycles. The predicted octanol–water partition coefficient (Wildman–Crippen LogP) is -0.101. The smallest absolute Gasteiger partial charge is 0.315 e. The summed E-state index contributed by atoms with van der Waals surface area (Å²) in [6, 6.07) is 0.222. The molecule has 0 fully saturated rings. The Morgan fingerprint density at radius 1 is 1.47 bits per heavy atom. The number of hydrogen-bond donors (Lipinski definition) is 2. The molecule has 0 aromatic carbocycles. The van der Waals surface area contributed by atoms with E-state index in [0.717, 1.165) is 0 Å². The minimum atomic E-state index is -3.41. The van der Waals surface area contributed by atoms with Crippen molar-refractivity contribution < 1.29 is 12.8 Å². The van der Waals surface area contributed by atoms with E-state index >= 15 is 0 Å². The molecule has 1 heterocycles. The molecule has 0 saturated heterocycles. The molecule has 0 aliphatic rings. The first-order valence-electron chi connectivity index (χ1n) is 4.14. The minimum Gasteiger partial charge on any atom is -0.407 e. The maximum atomic E-state index is 10.6. The molecule has 0 spiro atoms. The van der Waals surface area contributed by atoms with Gasteiger partial charge >= 0.3 is 6.01 Å². The van der Waals surface area contributed by atoms with Crippen LogP contribution in [-0.4, -0.2) is 30.9 Å². The van der Waals surface area contributed by atoms with Crippen molar-refractivity contribution in [2.75, 3.05) is 17.6 Å². The van der Waals surface area contributed by atoms with Gasteiger partial charge < -0.3 is 9.73 Å². The molecule has 1 aromatic heterocycles. The summed E-state index contributed by atoms with van der Waals surface area (Å²) in [6.07, 6.45) is 0.372. The van der Waals surface area contributed by atoms with Crippen LogP contribution in [-0.2, 0) is 15.9 Å². The van der Waals surface area contributed by atoms with Crippen molar-refractivity contribution in [2.24, 2.45) is 5.14 Å². The highest BCUT2D eigenvalue weighted by molar-refractivity contribution is 7.89. The largest absolute Gasteiger partial charge is 0.407 e. The second-order valence-electron chi connectivity index (χ2n) is 2.78. The van der Waals surface area contributed by atoms with Crippen LogP contribution >= 0.6 is 11.6 Å². The average Bonchev–Trinajstić information content (AvgIpc) is 2.59. The number of primary sulfonamides is 1. The van der Waals surface area contributed by atoms with Crippen LogP contribution in [0.3, 0.4) is 0 Å². The van der Waals surface area contributed by atoms with E-state index in [-0.39, 0.29) is 17.6 Å². The van der Waals surface area contributed by atoms with Gasteiger partial charge in [0.25, 0.3) is 0 Å². The highest BCUT2D eigenvalue weighted by atomic mass is 35.5. The van der Waals surface area contributed by atoms with Crippen molar-refractivity contribution in [3.05, 3.63) is 5.89 Å². The Balaban J connectivity index is 2.26. The summed E-state index contributed by atoms with van der Waals surface area (Å²) in [5, 5.41) is 14.8. The lowest BCUT2D eigenvalue weighted by molar-refractivity contribution is 0.525. The van der Waals surface area contributed by atoms with Crippen LogP contribution in [0.15, 0.2) is 4.42 Å². The first-order valence-corrected chi connectivity index (χ1v) is 6.39. The van der Waals surface area contributed by atoms with Crippen molar-refractivity contribution in [3.63, 3.8) is 0 Å². The Bertz CT molecular complexity index is 404. The van der Waals surface area contributed by atoms with Gasteiger partial charge in [0.05, 0.1) is 5.75 Å². The molecular weight excluding hydrogens is 244 g/mol. The van der Waals surface area contributed by atoms with Crippen LogP contribution in [0.1, 0.15) is 12.3 Å². The lowest BCUT2D eigenvalue weighted by atomic mass is 10.5. The summed E-state index contributed by atoms with van der Waals surface area (Å²) >= 11 is 5.44. The van der Waals surface area contributed by atoms with Gasteiger partial charge in [0.15, 0.2) is 0 Å². The van der Waals surface area contributed by atoms with E-state index in [9.17, 15) is 8.42 Å². The van der Waals surface area contributed by atoms with Gasteiger partial charge in [-0.05, 0) is 6.42 Å². The maximum Gasteiger partial charge on any atom is 0.315 e. The van der Waals surface area contributed by atoms with E-state index in [2.05, 4.69) is 15.5 Å². The van der Waals surface area contributed by atoms with Gasteiger partial charge in [-0.3, -0.25) is 0 Å². The fourth-order valence-electron chi connectivity index (χ4n) is 0.848. The summed E-state index contributed by atoms with van der Waals surface area (Å²) in [7, 11) is -3.41. The molecule has 0 unspecified atom stereocenters. The molecule has 0 radical (unpaired) electrons. The van der Waals surface area contributed by atoms with Crippen molar-refractivity contribution in [1.82, 2.24) is 10.2 Å². The second-order valence-corrected chi connectivity index (χ2v) is 4.78. The Hall–Kier alpha value is -0.860. The number of aromatic nitrogens is 2. The number of alkyl halides is 1. The Labute approximate surface area is 92.0 Å². The lowest BCUT2D eigenvalue weighted by Gasteiger charge is -1.99. The number of nitrogens with zero attached hydrogens (tertiary/aromatic N) is 2. The number of nitrogens with two attached hydrogens (primary N) is 1. The average molecular weight is 255 g/mol. The summed E-state index contributed by atoms with van der Waals surface area (Å²) in [6.45, 7) is 0.389. The molecule has 0 aliphatic heterocycles. The Morgan fingerprint density at radius 3 is 2.73 bits per heavy atom. The summed E-state index contributed by atoms with van der Waals surface area (Å²) in [5.74, 6) is 0.369. The van der Waals surface area contributed by atoms with Crippen LogP contribution < -0.4 is 10.5 Å². The van der Waals surface area contributed by atoms with Crippen LogP contribution in [0, 0.1) is 0 Å². The van der Waals surface area contributed by atoms with Gasteiger partial charge in [-0.15, -0.1) is 16.7 Å². The monoisotopic (exact) mass is 254 g/mol. The Morgan fingerprint density at radius 2 is 2.20 bits per heavy atom. The number of anilines is 1. The number of halogens is 1. The van der Waals surface area contributed by atoms with Gasteiger partial charge in [-0.1, -0.05) is 5.10 Å². The number of sulfonamides is 1. The summed E-state index contributed by atoms with van der Waals surface area (Å²) in [5.41, 5.74) is 0. The van der Waals surface area contributed by atoms with Gasteiger partial charge in [0.2, 0.25) is 15.9 Å². The van der Waals surface area contributed by atoms with Crippen molar-refractivity contribution in [2.45, 2.75) is 12.3 Å². The lowest BCUT2D eigenvalue weighted by Crippen LogP contribution is -2.18. The summed E-state index contributed by atoms with van der Waals surface area (Å²) < 4.78 is 26.2. The van der Waals surface area contributed by atoms with E-state index in [4.69, 9.17) is 21.2 Å². The van der Waals surface area contributed by atoms with E-state index < -0.39 is 10.0 Å². The molecule has 86 valence electrons. The molecule has 1 aromatic rings. The molecule has 0 saturated carbocycles. The van der Waals surface area contributed by atoms with E-state index in [1.807, 2.05) is 0 Å². The third-order valence-corrected chi connectivity index (χ3v) is 2.55. The first-order chi connectivity index (χ1) is 7.01. The van der Waals surface area contributed by atoms with Crippen molar-refractivity contribution in [3.8, 4) is 0 Å². The summed E-state index contributed by atoms with van der Waals surface area (Å²) in [4.78, 5) is 0. The fraction of sp³-hybridized carbons (Fsp3) is 0.667. The van der Waals surface area contributed by atoms with E-state index in [0.29, 0.717) is 18.9 Å². The van der Waals surface area contributed by atoms with E-state index in [1.54, 1.807) is 0 Å². The van der Waals surface area contributed by atoms with Gasteiger partial charge in [-0.25, -0.2) is 13.6 Å². The second kappa shape index (κ2) is 5.29. The zero-order valence-corrected chi connectivity index (χ0v) is 9.38. The van der Waals surface area contributed by atoms with Gasteiger partial charge in [0, 0.05) is 6.54 Å². The van der Waals surface area contributed by atoms with Crippen LogP contribution in [0.2, 0.25) is 0 Å². The fourth-order valence-corrected chi connectivity index (χ4v) is 1.50. The third-order valence-electron chi connectivity index (χ3n) is 1.46. The quantitative estimate of drug-likeness (QED) is 0.542. The molecule has 9 heteroatoms. The molecule has 0 atom stereocenters. The zero-order valence-electron chi connectivity index (χ0n) is 7.81. The van der Waals surface area contributed by atoms with Crippen molar-refractivity contribution >= 4 is 27.6 Å². The molecule has 15 heavy (non-hydrogen) atoms. The molecule has 0 bridgehead atoms. The van der Waals surface area contributed by atoms with Gasteiger partial charge in [0.1, 0.15) is 5.88 Å². The number of rotatable bonds is 6. The predicted molar refractivity (Wildman–Crippen MR) is 54.9 cm³/mol. The van der Waals surface area contributed by atoms with E-state index in [1.165, 1.54) is 0 Å². The van der Waals surface area contributed by atoms with Crippen LogP contribution in [0.25, 0.3) is 0 Å². The minimum absolute atomic E-state index is 0.0868. The zero-order chi connectivity index (χ0) is 11.3. The number of nitrogens with one attached hydrogen (secondary N) is 1. The van der Waals surface area contributed by atoms with Crippen LogP contribution in [0.4, 0.5) is 6.01 Å². The van der Waals surface area contributed by atoms with Crippen LogP contribution in [0.5, 0.6) is 0 Å². The topological polar surface area (TPSA) is 111 Å². The SMILES string of the molecule is NS(=O)(=O)CCCNc1nnc(CCl)o1. The number of hydrogen-bond acceptors (Lipinski definition) is 6. The normalized spacial score (nSPS) is 11.6. The highest BCUT2D eigenvalue weighted by Crippen LogP contribution is 2.06. The standard InChI is InChI=1S/C6H11ClN4O3S/c7-4-5-10-11-6(14-5)9-2-1-3-15(8,12)13/h1-4H2,(H,9,11)(H2,8,12,13). The van der Waals surface area contributed by atoms with Gasteiger partial charge in [-0.2, -0.15) is 0 Å². The molecule has 0 amide bonds. The molecule has 3 N–H and O–H groups in total. The highest BCUT2D eigenvalue weighted by Gasteiger charge is 2.05.